The average molecular weight is 605 g/mol. The maximum Gasteiger partial charge on any atom is 0.364 e. The van der Waals surface area contributed by atoms with Gasteiger partial charge < -0.3 is 50.4 Å². The highest BCUT2D eigenvalue weighted by molar-refractivity contribution is 5.79. The molecule has 0 aromatic heterocycles. The number of rotatable bonds is 14. The molecule has 1 aliphatic rings. The zero-order valence-corrected chi connectivity index (χ0v) is 22.9. The van der Waals surface area contributed by atoms with Gasteiger partial charge in [0.2, 0.25) is 11.8 Å². The van der Waals surface area contributed by atoms with Gasteiger partial charge in [0.05, 0.1) is 31.3 Å². The summed E-state index contributed by atoms with van der Waals surface area (Å²) in [6.45, 7) is -1.80. The predicted molar refractivity (Wildman–Crippen MR) is 146 cm³/mol. The molecule has 0 aliphatic carbocycles. The molecule has 2 aromatic rings. The van der Waals surface area contributed by atoms with E-state index in [-0.39, 0.29) is 19.6 Å². The molecule has 0 saturated carbocycles. The maximum atomic E-state index is 13.1. The standard InChI is InChI=1S/C29H33FN2O11/c1-2-11-41-20-9-5-18(6-10-20)16-42-29(28(39)40)13-21(34)25(32-24(37)15-33)27(43-29)26(38)22(35)14-31-23(36)12-17-3-7-19(30)8-4-17/h1,3-10,21-22,25-27,33-35,38H,11-16H2,(H,31,36)(H,32,37)(H,39,40)/t21-,22+,25+,26+,27+,29+/m0/s1. The van der Waals surface area contributed by atoms with E-state index in [1.807, 2.05) is 0 Å². The number of hydrogen-bond donors (Lipinski definition) is 7. The first-order chi connectivity index (χ1) is 20.5. The minimum absolute atomic E-state index is 0.0468. The van der Waals surface area contributed by atoms with Gasteiger partial charge in [-0.15, -0.1) is 6.42 Å². The van der Waals surface area contributed by atoms with Crippen molar-refractivity contribution in [2.24, 2.45) is 0 Å². The monoisotopic (exact) mass is 604 g/mol. The number of hydrogen-bond acceptors (Lipinski definition) is 10. The van der Waals surface area contributed by atoms with Gasteiger partial charge in [-0.1, -0.05) is 30.2 Å². The topological polar surface area (TPSA) is 204 Å². The van der Waals surface area contributed by atoms with Crippen molar-refractivity contribution < 1.29 is 58.5 Å². The number of carboxylic acids is 1. The van der Waals surface area contributed by atoms with E-state index in [1.54, 1.807) is 24.3 Å². The van der Waals surface area contributed by atoms with Crippen LogP contribution in [0.1, 0.15) is 17.5 Å². The number of carboxylic acid groups (broad SMARTS) is 1. The lowest BCUT2D eigenvalue weighted by Crippen LogP contribution is -2.68. The maximum absolute atomic E-state index is 13.1. The molecule has 0 bridgehead atoms. The van der Waals surface area contributed by atoms with Crippen molar-refractivity contribution in [3.63, 3.8) is 0 Å². The van der Waals surface area contributed by atoms with Gasteiger partial charge in [-0.05, 0) is 35.4 Å². The van der Waals surface area contributed by atoms with Crippen molar-refractivity contribution in [1.82, 2.24) is 10.6 Å². The van der Waals surface area contributed by atoms with Crippen molar-refractivity contribution in [3.8, 4) is 18.1 Å². The van der Waals surface area contributed by atoms with Crippen LogP contribution in [-0.2, 0) is 36.9 Å². The number of carbonyl (C=O) groups excluding carboxylic acids is 2. The SMILES string of the molecule is C#CCOc1ccc(CO[C@]2(C(=O)O)C[C@H](O)[C@@H](NC(=O)CO)[C@H]([C@H](O)[C@H](O)CNC(=O)Cc3ccc(F)cc3)O2)cc1. The van der Waals surface area contributed by atoms with E-state index >= 15 is 0 Å². The van der Waals surface area contributed by atoms with Crippen molar-refractivity contribution >= 4 is 17.8 Å². The Bertz CT molecular complexity index is 1280. The van der Waals surface area contributed by atoms with E-state index in [0.717, 1.165) is 0 Å². The van der Waals surface area contributed by atoms with Crippen LogP contribution in [0.25, 0.3) is 0 Å². The molecule has 6 atom stereocenters. The van der Waals surface area contributed by atoms with Crippen LogP contribution in [0, 0.1) is 18.2 Å². The second-order valence-corrected chi connectivity index (χ2v) is 9.75. The van der Waals surface area contributed by atoms with Crippen LogP contribution < -0.4 is 15.4 Å². The molecular weight excluding hydrogens is 571 g/mol. The molecule has 2 amide bonds. The highest BCUT2D eigenvalue weighted by Crippen LogP contribution is 2.34. The molecule has 3 rings (SSSR count). The van der Waals surface area contributed by atoms with Crippen LogP contribution in [0.3, 0.4) is 0 Å². The molecule has 14 heteroatoms. The van der Waals surface area contributed by atoms with Gasteiger partial charge in [-0.2, -0.15) is 0 Å². The van der Waals surface area contributed by atoms with E-state index in [9.17, 15) is 44.3 Å². The smallest absolute Gasteiger partial charge is 0.364 e. The molecule has 1 saturated heterocycles. The van der Waals surface area contributed by atoms with Crippen LogP contribution in [0.2, 0.25) is 0 Å². The summed E-state index contributed by atoms with van der Waals surface area (Å²) in [5.41, 5.74) is 0.973. The number of amides is 2. The number of ether oxygens (including phenoxy) is 3. The summed E-state index contributed by atoms with van der Waals surface area (Å²) in [5, 5.41) is 56.4. The molecule has 232 valence electrons. The summed E-state index contributed by atoms with van der Waals surface area (Å²) < 4.78 is 29.7. The molecule has 0 unspecified atom stereocenters. The fourth-order valence-electron chi connectivity index (χ4n) is 4.36. The summed E-state index contributed by atoms with van der Waals surface area (Å²) in [7, 11) is 0. The molecule has 43 heavy (non-hydrogen) atoms. The molecule has 0 radical (unpaired) electrons. The Hall–Kier alpha value is -4.10. The van der Waals surface area contributed by atoms with Gasteiger partial charge in [-0.25, -0.2) is 9.18 Å². The Morgan fingerprint density at radius 1 is 1.09 bits per heavy atom. The number of aliphatic carboxylic acids is 1. The number of carbonyl (C=O) groups is 3. The highest BCUT2D eigenvalue weighted by Gasteiger charge is 2.55. The number of nitrogens with one attached hydrogen (secondary N) is 2. The summed E-state index contributed by atoms with van der Waals surface area (Å²) in [5.74, 6) is -3.44. The highest BCUT2D eigenvalue weighted by atomic mass is 19.1. The Balaban J connectivity index is 1.74. The van der Waals surface area contributed by atoms with Gasteiger partial charge in [-0.3, -0.25) is 9.59 Å². The molecule has 1 heterocycles. The van der Waals surface area contributed by atoms with E-state index < -0.39 is 79.4 Å². The molecular formula is C29H33FN2O11. The normalized spacial score (nSPS) is 22.9. The van der Waals surface area contributed by atoms with Crippen LogP contribution >= 0.6 is 0 Å². The second kappa shape index (κ2) is 15.4. The van der Waals surface area contributed by atoms with Crippen molar-refractivity contribution in [2.45, 2.75) is 55.7 Å². The lowest BCUT2D eigenvalue weighted by atomic mass is 9.88. The minimum atomic E-state index is -2.53. The first-order valence-corrected chi connectivity index (χ1v) is 13.1. The first-order valence-electron chi connectivity index (χ1n) is 13.1. The minimum Gasteiger partial charge on any atom is -0.481 e. The first kappa shape index (κ1) is 33.4. The summed E-state index contributed by atoms with van der Waals surface area (Å²) in [4.78, 5) is 36.7. The number of aliphatic hydroxyl groups is 4. The Morgan fingerprint density at radius 2 is 1.74 bits per heavy atom. The predicted octanol–water partition coefficient (Wildman–Crippen LogP) is -1.16. The van der Waals surface area contributed by atoms with Gasteiger partial charge in [0.15, 0.2) is 0 Å². The Labute approximate surface area is 246 Å². The number of benzene rings is 2. The third-order valence-electron chi connectivity index (χ3n) is 6.60. The van der Waals surface area contributed by atoms with E-state index in [1.165, 1.54) is 24.3 Å². The summed E-state index contributed by atoms with van der Waals surface area (Å²) >= 11 is 0. The van der Waals surface area contributed by atoms with Crippen LogP contribution in [-0.4, -0.2) is 99.3 Å². The van der Waals surface area contributed by atoms with E-state index in [0.29, 0.717) is 16.9 Å². The summed E-state index contributed by atoms with van der Waals surface area (Å²) in [6, 6.07) is 9.98. The number of halogens is 1. The van der Waals surface area contributed by atoms with Crippen molar-refractivity contribution in [3.05, 3.63) is 65.5 Å². The molecule has 7 N–H and O–H groups in total. The van der Waals surface area contributed by atoms with Crippen LogP contribution in [0.5, 0.6) is 5.75 Å². The third kappa shape index (κ3) is 9.19. The molecule has 2 aromatic carbocycles. The molecule has 1 aliphatic heterocycles. The van der Waals surface area contributed by atoms with Crippen LogP contribution in [0.4, 0.5) is 4.39 Å². The number of terminal acetylenes is 1. The number of aliphatic hydroxyl groups excluding tert-OH is 4. The van der Waals surface area contributed by atoms with E-state index in [2.05, 4.69) is 16.6 Å². The van der Waals surface area contributed by atoms with Gasteiger partial charge in [0.1, 0.15) is 37.0 Å². The summed E-state index contributed by atoms with van der Waals surface area (Å²) in [6.07, 6.45) is -2.90. The van der Waals surface area contributed by atoms with E-state index in [4.69, 9.17) is 20.6 Å². The zero-order valence-electron chi connectivity index (χ0n) is 22.9. The quantitative estimate of drug-likeness (QED) is 0.128. The second-order valence-electron chi connectivity index (χ2n) is 9.75. The lowest BCUT2D eigenvalue weighted by molar-refractivity contribution is -0.314. The largest absolute Gasteiger partial charge is 0.481 e. The molecule has 13 nitrogen and oxygen atoms in total. The Kier molecular flexibility index (Phi) is 12.0. The fourth-order valence-corrected chi connectivity index (χ4v) is 4.36. The van der Waals surface area contributed by atoms with Crippen molar-refractivity contribution in [1.29, 1.82) is 0 Å². The Morgan fingerprint density at radius 3 is 2.35 bits per heavy atom. The van der Waals surface area contributed by atoms with Crippen molar-refractivity contribution in [2.75, 3.05) is 19.8 Å². The van der Waals surface area contributed by atoms with Gasteiger partial charge >= 0.3 is 5.97 Å². The van der Waals surface area contributed by atoms with Crippen LogP contribution in [0.15, 0.2) is 48.5 Å². The zero-order chi connectivity index (χ0) is 31.6. The third-order valence-corrected chi connectivity index (χ3v) is 6.60. The van der Waals surface area contributed by atoms with Gasteiger partial charge in [0, 0.05) is 13.0 Å². The molecule has 1 fully saturated rings. The average Bonchev–Trinajstić information content (AvgIpc) is 2.99. The van der Waals surface area contributed by atoms with Gasteiger partial charge in [0.25, 0.3) is 5.79 Å². The lowest BCUT2D eigenvalue weighted by Gasteiger charge is -2.46. The fraction of sp³-hybridized carbons (Fsp3) is 0.414. The molecule has 0 spiro atoms.